The Hall–Kier alpha value is -2.40. The van der Waals surface area contributed by atoms with Crippen molar-refractivity contribution in [3.63, 3.8) is 0 Å². The summed E-state index contributed by atoms with van der Waals surface area (Å²) in [6.07, 6.45) is 0. The smallest absolute Gasteiger partial charge is 0.162 e. The quantitative estimate of drug-likeness (QED) is 0.703. The number of hydrogen-bond acceptors (Lipinski definition) is 4. The zero-order chi connectivity index (χ0) is 14.9. The number of hydrogen-bond donors (Lipinski definition) is 0. The zero-order valence-corrected chi connectivity index (χ0v) is 12.4. The number of aromatic nitrogens is 1. The van der Waals surface area contributed by atoms with Gasteiger partial charge in [0.25, 0.3) is 0 Å². The molecule has 5 heteroatoms. The molecule has 0 fully saturated rings. The van der Waals surface area contributed by atoms with Crippen LogP contribution in [0.4, 0.5) is 4.39 Å². The van der Waals surface area contributed by atoms with Gasteiger partial charge < -0.3 is 9.47 Å². The second kappa shape index (κ2) is 5.42. The minimum absolute atomic E-state index is 0.243. The molecule has 0 amide bonds. The van der Waals surface area contributed by atoms with E-state index in [0.29, 0.717) is 13.2 Å². The van der Waals surface area contributed by atoms with Crippen molar-refractivity contribution < 1.29 is 13.9 Å². The van der Waals surface area contributed by atoms with Crippen molar-refractivity contribution in [2.24, 2.45) is 0 Å². The molecule has 0 saturated heterocycles. The fourth-order valence-corrected chi connectivity index (χ4v) is 3.17. The molecule has 1 aliphatic heterocycles. The lowest BCUT2D eigenvalue weighted by Gasteiger charge is -2.18. The van der Waals surface area contributed by atoms with Crippen LogP contribution in [0.1, 0.15) is 0 Å². The molecule has 3 aromatic rings. The van der Waals surface area contributed by atoms with Crippen molar-refractivity contribution in [1.29, 1.82) is 0 Å². The van der Waals surface area contributed by atoms with Gasteiger partial charge in [-0.1, -0.05) is 0 Å². The first kappa shape index (κ1) is 13.3. The third-order valence-electron chi connectivity index (χ3n) is 3.43. The summed E-state index contributed by atoms with van der Waals surface area (Å²) in [6.45, 7) is 1.14. The van der Waals surface area contributed by atoms with E-state index in [4.69, 9.17) is 9.47 Å². The van der Waals surface area contributed by atoms with E-state index >= 15 is 0 Å². The molecule has 3 nitrogen and oxygen atoms in total. The van der Waals surface area contributed by atoms with Crippen LogP contribution in [0.15, 0.2) is 47.8 Å². The Balaban J connectivity index is 1.68. The van der Waals surface area contributed by atoms with E-state index in [1.165, 1.54) is 23.5 Å². The Bertz CT molecular complexity index is 814. The minimum Gasteiger partial charge on any atom is -0.486 e. The first-order valence-electron chi connectivity index (χ1n) is 6.91. The molecule has 0 N–H and O–H groups in total. The van der Waals surface area contributed by atoms with Gasteiger partial charge in [-0.2, -0.15) is 0 Å². The number of thiazole rings is 1. The maximum absolute atomic E-state index is 13.0. The third-order valence-corrected chi connectivity index (χ3v) is 4.32. The summed E-state index contributed by atoms with van der Waals surface area (Å²) in [4.78, 5) is 4.63. The van der Waals surface area contributed by atoms with Crippen molar-refractivity contribution >= 4 is 11.3 Å². The van der Waals surface area contributed by atoms with Gasteiger partial charge in [0.2, 0.25) is 0 Å². The molecule has 0 radical (unpaired) electrons. The van der Waals surface area contributed by atoms with Gasteiger partial charge >= 0.3 is 0 Å². The average Bonchev–Trinajstić information content (AvgIpc) is 3.05. The Kier molecular flexibility index (Phi) is 3.27. The van der Waals surface area contributed by atoms with E-state index < -0.39 is 0 Å². The van der Waals surface area contributed by atoms with Crippen molar-refractivity contribution in [2.45, 2.75) is 0 Å². The molecule has 2 aromatic carbocycles. The molecule has 0 aliphatic carbocycles. The number of nitrogens with zero attached hydrogens (tertiary/aromatic N) is 1. The maximum Gasteiger partial charge on any atom is 0.162 e. The number of ether oxygens (including phenoxy) is 2. The van der Waals surface area contributed by atoms with Crippen molar-refractivity contribution in [2.75, 3.05) is 13.2 Å². The van der Waals surface area contributed by atoms with Crippen LogP contribution in [0.3, 0.4) is 0 Å². The molecule has 0 bridgehead atoms. The molecular formula is C17H12FNO2S. The summed E-state index contributed by atoms with van der Waals surface area (Å²) in [6, 6.07) is 12.2. The highest BCUT2D eigenvalue weighted by Gasteiger charge is 2.14. The van der Waals surface area contributed by atoms with Gasteiger partial charge in [-0.25, -0.2) is 9.37 Å². The first-order valence-corrected chi connectivity index (χ1v) is 7.79. The molecular weight excluding hydrogens is 301 g/mol. The SMILES string of the molecule is Fc1ccc(-c2nc(-c3ccc4c(c3)OCCO4)cs2)cc1. The minimum atomic E-state index is -0.243. The summed E-state index contributed by atoms with van der Waals surface area (Å²) < 4.78 is 24.1. The lowest BCUT2D eigenvalue weighted by molar-refractivity contribution is 0.171. The maximum atomic E-state index is 13.0. The molecule has 2 heterocycles. The summed E-state index contributed by atoms with van der Waals surface area (Å²) in [5.41, 5.74) is 2.77. The van der Waals surface area contributed by atoms with Crippen molar-refractivity contribution in [1.82, 2.24) is 4.98 Å². The van der Waals surface area contributed by atoms with Crippen LogP contribution in [-0.4, -0.2) is 18.2 Å². The van der Waals surface area contributed by atoms with Crippen LogP contribution in [0.5, 0.6) is 11.5 Å². The van der Waals surface area contributed by atoms with Gasteiger partial charge in [-0.15, -0.1) is 11.3 Å². The molecule has 22 heavy (non-hydrogen) atoms. The van der Waals surface area contributed by atoms with E-state index in [-0.39, 0.29) is 5.82 Å². The Morgan fingerprint density at radius 2 is 1.64 bits per heavy atom. The predicted molar refractivity (Wildman–Crippen MR) is 83.9 cm³/mol. The Labute approximate surface area is 131 Å². The average molecular weight is 313 g/mol. The van der Waals surface area contributed by atoms with Gasteiger partial charge in [-0.05, 0) is 42.5 Å². The molecule has 0 saturated carbocycles. The topological polar surface area (TPSA) is 31.4 Å². The van der Waals surface area contributed by atoms with Crippen LogP contribution in [0, 0.1) is 5.82 Å². The molecule has 0 atom stereocenters. The van der Waals surface area contributed by atoms with Gasteiger partial charge in [0.15, 0.2) is 11.5 Å². The number of rotatable bonds is 2. The van der Waals surface area contributed by atoms with E-state index in [9.17, 15) is 4.39 Å². The molecule has 0 unspecified atom stereocenters. The van der Waals surface area contributed by atoms with E-state index in [1.54, 1.807) is 12.1 Å². The largest absolute Gasteiger partial charge is 0.486 e. The Morgan fingerprint density at radius 1 is 0.909 bits per heavy atom. The second-order valence-corrected chi connectivity index (χ2v) is 5.76. The third kappa shape index (κ3) is 2.44. The second-order valence-electron chi connectivity index (χ2n) is 4.90. The monoisotopic (exact) mass is 313 g/mol. The van der Waals surface area contributed by atoms with Crippen molar-refractivity contribution in [3.05, 3.63) is 53.7 Å². The van der Waals surface area contributed by atoms with Gasteiger partial charge in [0.1, 0.15) is 24.0 Å². The van der Waals surface area contributed by atoms with Gasteiger partial charge in [-0.3, -0.25) is 0 Å². The van der Waals surface area contributed by atoms with E-state index in [1.807, 2.05) is 23.6 Å². The van der Waals surface area contributed by atoms with E-state index in [0.717, 1.165) is 33.3 Å². The lowest BCUT2D eigenvalue weighted by Crippen LogP contribution is -2.15. The number of fused-ring (bicyclic) bond motifs is 1. The summed E-state index contributed by atoms with van der Waals surface area (Å²) >= 11 is 1.54. The highest BCUT2D eigenvalue weighted by molar-refractivity contribution is 7.13. The number of halogens is 1. The highest BCUT2D eigenvalue weighted by atomic mass is 32.1. The summed E-state index contributed by atoms with van der Waals surface area (Å²) in [5, 5.41) is 2.86. The molecule has 1 aromatic heterocycles. The molecule has 110 valence electrons. The normalized spacial score (nSPS) is 13.1. The molecule has 4 rings (SSSR count). The van der Waals surface area contributed by atoms with Gasteiger partial charge in [0, 0.05) is 16.5 Å². The highest BCUT2D eigenvalue weighted by Crippen LogP contribution is 2.36. The summed E-state index contributed by atoms with van der Waals surface area (Å²) in [7, 11) is 0. The van der Waals surface area contributed by atoms with E-state index in [2.05, 4.69) is 4.98 Å². The van der Waals surface area contributed by atoms with Crippen LogP contribution < -0.4 is 9.47 Å². The fourth-order valence-electron chi connectivity index (χ4n) is 2.33. The predicted octanol–water partition coefficient (Wildman–Crippen LogP) is 4.39. The van der Waals surface area contributed by atoms with Crippen LogP contribution in [-0.2, 0) is 0 Å². The lowest BCUT2D eigenvalue weighted by atomic mass is 10.1. The van der Waals surface area contributed by atoms with Crippen LogP contribution in [0.2, 0.25) is 0 Å². The zero-order valence-electron chi connectivity index (χ0n) is 11.6. The Morgan fingerprint density at radius 3 is 2.45 bits per heavy atom. The summed E-state index contributed by atoms with van der Waals surface area (Å²) in [5.74, 6) is 1.27. The standard InChI is InChI=1S/C17H12FNO2S/c18-13-4-1-11(2-5-13)17-19-14(10-22-17)12-3-6-15-16(9-12)21-8-7-20-15/h1-6,9-10H,7-8H2. The van der Waals surface area contributed by atoms with Crippen molar-refractivity contribution in [3.8, 4) is 33.3 Å². The van der Waals surface area contributed by atoms with Crippen LogP contribution in [0.25, 0.3) is 21.8 Å². The fraction of sp³-hybridized carbons (Fsp3) is 0.118. The number of benzene rings is 2. The van der Waals surface area contributed by atoms with Crippen LogP contribution >= 0.6 is 11.3 Å². The molecule has 0 spiro atoms. The molecule has 1 aliphatic rings. The van der Waals surface area contributed by atoms with Gasteiger partial charge in [0.05, 0.1) is 5.69 Å². The first-order chi connectivity index (χ1) is 10.8.